The predicted octanol–water partition coefficient (Wildman–Crippen LogP) is 2.09. The highest BCUT2D eigenvalue weighted by Gasteiger charge is 2.23. The number of nitrogens with one attached hydrogen (secondary N) is 1. The van der Waals surface area contributed by atoms with Crippen LogP contribution in [0.1, 0.15) is 43.3 Å². The van der Waals surface area contributed by atoms with E-state index in [-0.39, 0.29) is 0 Å². The molecule has 1 aliphatic carbocycles. The fourth-order valence-corrected chi connectivity index (χ4v) is 2.56. The van der Waals surface area contributed by atoms with Gasteiger partial charge >= 0.3 is 0 Å². The van der Waals surface area contributed by atoms with E-state index >= 15 is 0 Å². The second-order valence-corrected chi connectivity index (χ2v) is 4.87. The molecule has 1 saturated heterocycles. The van der Waals surface area contributed by atoms with Crippen LogP contribution >= 0.6 is 0 Å². The van der Waals surface area contributed by atoms with Gasteiger partial charge < -0.3 is 9.73 Å². The van der Waals surface area contributed by atoms with Gasteiger partial charge in [0.05, 0.1) is 6.20 Å². The Hall–Kier alpha value is -0.830. The maximum absolute atomic E-state index is 5.84. The zero-order chi connectivity index (χ0) is 10.1. The maximum Gasteiger partial charge on any atom is 0.197 e. The third kappa shape index (κ3) is 1.93. The quantitative estimate of drug-likeness (QED) is 0.823. The molecule has 0 spiro atoms. The Morgan fingerprint density at radius 3 is 2.80 bits per heavy atom. The van der Waals surface area contributed by atoms with Crippen LogP contribution in [0.4, 0.5) is 0 Å². The average molecular weight is 206 g/mol. The average Bonchev–Trinajstić information content (AvgIpc) is 2.82. The van der Waals surface area contributed by atoms with Gasteiger partial charge in [-0.3, -0.25) is 0 Å². The fraction of sp³-hybridized carbons (Fsp3) is 0.750. The molecule has 1 N–H and O–H groups in total. The van der Waals surface area contributed by atoms with Gasteiger partial charge in [-0.2, -0.15) is 0 Å². The molecule has 0 aromatic carbocycles. The van der Waals surface area contributed by atoms with Gasteiger partial charge in [0.25, 0.3) is 0 Å². The molecule has 0 amide bonds. The zero-order valence-corrected chi connectivity index (χ0v) is 9.04. The summed E-state index contributed by atoms with van der Waals surface area (Å²) in [6, 6.07) is 0. The lowest BCUT2D eigenvalue weighted by Crippen LogP contribution is -2.42. The van der Waals surface area contributed by atoms with Gasteiger partial charge in [-0.25, -0.2) is 4.98 Å². The second-order valence-electron chi connectivity index (χ2n) is 4.87. The van der Waals surface area contributed by atoms with Gasteiger partial charge in [0.15, 0.2) is 5.89 Å². The van der Waals surface area contributed by atoms with Crippen LogP contribution in [-0.4, -0.2) is 18.1 Å². The molecule has 15 heavy (non-hydrogen) atoms. The molecule has 3 heteroatoms. The molecule has 2 heterocycles. The van der Waals surface area contributed by atoms with E-state index in [1.165, 1.54) is 25.7 Å². The summed E-state index contributed by atoms with van der Waals surface area (Å²) in [6.07, 6.45) is 8.22. The third-order valence-corrected chi connectivity index (χ3v) is 3.63. The molecule has 2 aliphatic rings. The number of aromatic nitrogens is 1. The highest BCUT2D eigenvalue weighted by molar-refractivity contribution is 5.02. The molecule has 1 saturated carbocycles. The first-order valence-electron chi connectivity index (χ1n) is 6.07. The van der Waals surface area contributed by atoms with Crippen molar-refractivity contribution in [3.8, 4) is 0 Å². The molecule has 3 rings (SSSR count). The molecule has 3 nitrogen and oxygen atoms in total. The summed E-state index contributed by atoms with van der Waals surface area (Å²) >= 11 is 0. The number of hydrogen-bond donors (Lipinski definition) is 1. The minimum Gasteiger partial charge on any atom is -0.445 e. The maximum atomic E-state index is 5.84. The Kier molecular flexibility index (Phi) is 2.49. The predicted molar refractivity (Wildman–Crippen MR) is 57.8 cm³/mol. The summed E-state index contributed by atoms with van der Waals surface area (Å²) in [7, 11) is 0. The Labute approximate surface area is 90.3 Å². The molecular formula is C12H18N2O. The van der Waals surface area contributed by atoms with Gasteiger partial charge in [-0.1, -0.05) is 12.8 Å². The van der Waals surface area contributed by atoms with Crippen molar-refractivity contribution >= 4 is 0 Å². The van der Waals surface area contributed by atoms with Crippen molar-refractivity contribution in [2.75, 3.05) is 13.1 Å². The highest BCUT2D eigenvalue weighted by Crippen LogP contribution is 2.33. The van der Waals surface area contributed by atoms with Crippen molar-refractivity contribution in [3.05, 3.63) is 17.8 Å². The Morgan fingerprint density at radius 2 is 2.13 bits per heavy atom. The standard InChI is InChI=1S/C12H18N2O/c1-2-4-10(3-1)12-14-8-11(15-12)5-9-6-13-7-9/h8-10,13H,1-7H2. The Bertz CT molecular complexity index is 324. The monoisotopic (exact) mass is 206 g/mol. The van der Waals surface area contributed by atoms with Crippen LogP contribution in [0.15, 0.2) is 10.6 Å². The van der Waals surface area contributed by atoms with Gasteiger partial charge in [-0.15, -0.1) is 0 Å². The van der Waals surface area contributed by atoms with E-state index in [1.807, 2.05) is 6.20 Å². The van der Waals surface area contributed by atoms with Gasteiger partial charge in [0.2, 0.25) is 0 Å². The lowest BCUT2D eigenvalue weighted by molar-refractivity contribution is 0.314. The normalized spacial score (nSPS) is 23.2. The highest BCUT2D eigenvalue weighted by atomic mass is 16.4. The first kappa shape index (κ1) is 9.40. The van der Waals surface area contributed by atoms with Crippen LogP contribution in [0.5, 0.6) is 0 Å². The lowest BCUT2D eigenvalue weighted by Gasteiger charge is -2.25. The summed E-state index contributed by atoms with van der Waals surface area (Å²) in [5, 5.41) is 3.28. The summed E-state index contributed by atoms with van der Waals surface area (Å²) in [4.78, 5) is 4.42. The molecule has 1 aliphatic heterocycles. The summed E-state index contributed by atoms with van der Waals surface area (Å²) < 4.78 is 5.84. The number of oxazole rings is 1. The van der Waals surface area contributed by atoms with Crippen molar-refractivity contribution in [1.82, 2.24) is 10.3 Å². The summed E-state index contributed by atoms with van der Waals surface area (Å²) in [6.45, 7) is 2.28. The van der Waals surface area contributed by atoms with E-state index in [2.05, 4.69) is 10.3 Å². The van der Waals surface area contributed by atoms with Crippen LogP contribution in [0.25, 0.3) is 0 Å². The van der Waals surface area contributed by atoms with Crippen molar-refractivity contribution in [2.45, 2.75) is 38.0 Å². The van der Waals surface area contributed by atoms with E-state index in [9.17, 15) is 0 Å². The van der Waals surface area contributed by atoms with Gasteiger partial charge in [-0.05, 0) is 31.8 Å². The molecule has 1 aromatic rings. The van der Waals surface area contributed by atoms with Crippen molar-refractivity contribution in [2.24, 2.45) is 5.92 Å². The Morgan fingerprint density at radius 1 is 1.33 bits per heavy atom. The van der Waals surface area contributed by atoms with Crippen LogP contribution in [0, 0.1) is 5.92 Å². The van der Waals surface area contributed by atoms with Gasteiger partial charge in [0.1, 0.15) is 5.76 Å². The molecule has 2 fully saturated rings. The fourth-order valence-electron chi connectivity index (χ4n) is 2.56. The largest absolute Gasteiger partial charge is 0.445 e. The minimum absolute atomic E-state index is 0.610. The molecule has 0 unspecified atom stereocenters. The van der Waals surface area contributed by atoms with Gasteiger partial charge in [0, 0.05) is 12.3 Å². The van der Waals surface area contributed by atoms with E-state index in [1.54, 1.807) is 0 Å². The van der Waals surface area contributed by atoms with Crippen LogP contribution in [0.3, 0.4) is 0 Å². The van der Waals surface area contributed by atoms with Crippen molar-refractivity contribution < 1.29 is 4.42 Å². The molecule has 82 valence electrons. The van der Waals surface area contributed by atoms with Crippen molar-refractivity contribution in [3.63, 3.8) is 0 Å². The lowest BCUT2D eigenvalue weighted by atomic mass is 9.98. The van der Waals surface area contributed by atoms with Crippen LogP contribution in [0.2, 0.25) is 0 Å². The number of rotatable bonds is 3. The van der Waals surface area contributed by atoms with Crippen LogP contribution < -0.4 is 5.32 Å². The SMILES string of the molecule is c1nc(C2CCCC2)oc1CC1CNC1. The molecule has 0 atom stereocenters. The number of nitrogens with zero attached hydrogens (tertiary/aromatic N) is 1. The van der Waals surface area contributed by atoms with E-state index in [0.717, 1.165) is 37.1 Å². The molecular weight excluding hydrogens is 188 g/mol. The van der Waals surface area contributed by atoms with Crippen LogP contribution in [-0.2, 0) is 6.42 Å². The first-order chi connectivity index (χ1) is 7.42. The third-order valence-electron chi connectivity index (χ3n) is 3.63. The molecule has 1 aromatic heterocycles. The topological polar surface area (TPSA) is 38.1 Å². The Balaban J connectivity index is 1.64. The van der Waals surface area contributed by atoms with E-state index in [4.69, 9.17) is 4.42 Å². The number of hydrogen-bond acceptors (Lipinski definition) is 3. The van der Waals surface area contributed by atoms with E-state index in [0.29, 0.717) is 5.92 Å². The zero-order valence-electron chi connectivity index (χ0n) is 9.04. The summed E-state index contributed by atoms with van der Waals surface area (Å²) in [5.74, 6) is 3.46. The minimum atomic E-state index is 0.610. The van der Waals surface area contributed by atoms with E-state index < -0.39 is 0 Å². The van der Waals surface area contributed by atoms with Crippen molar-refractivity contribution in [1.29, 1.82) is 0 Å². The summed E-state index contributed by atoms with van der Waals surface area (Å²) in [5.41, 5.74) is 0. The smallest absolute Gasteiger partial charge is 0.197 e. The second kappa shape index (κ2) is 3.97. The molecule has 0 bridgehead atoms. The molecule has 0 radical (unpaired) electrons. The first-order valence-corrected chi connectivity index (χ1v) is 6.07.